The molecular formula is C23H20ClN3O5S. The summed E-state index contributed by atoms with van der Waals surface area (Å²) in [6.45, 7) is 3.66. The van der Waals surface area contributed by atoms with Crippen LogP contribution in [0.2, 0.25) is 5.02 Å². The molecular weight excluding hydrogens is 466 g/mol. The van der Waals surface area contributed by atoms with Gasteiger partial charge in [-0.15, -0.1) is 11.3 Å². The monoisotopic (exact) mass is 485 g/mol. The first-order valence-electron chi connectivity index (χ1n) is 10.2. The molecule has 0 saturated carbocycles. The molecule has 2 aromatic carbocycles. The van der Waals surface area contributed by atoms with E-state index >= 15 is 0 Å². The number of thiophene rings is 1. The van der Waals surface area contributed by atoms with Gasteiger partial charge in [-0.2, -0.15) is 0 Å². The van der Waals surface area contributed by atoms with Gasteiger partial charge in [0.05, 0.1) is 34.3 Å². The lowest BCUT2D eigenvalue weighted by Gasteiger charge is -2.27. The van der Waals surface area contributed by atoms with Crippen molar-refractivity contribution in [3.8, 4) is 10.4 Å². The first kappa shape index (κ1) is 22.9. The molecule has 0 spiro atoms. The topological polar surface area (TPSA) is 102 Å². The van der Waals surface area contributed by atoms with Gasteiger partial charge in [-0.1, -0.05) is 41.9 Å². The van der Waals surface area contributed by atoms with Crippen LogP contribution in [0.5, 0.6) is 0 Å². The van der Waals surface area contributed by atoms with Crippen LogP contribution in [0.3, 0.4) is 0 Å². The van der Waals surface area contributed by atoms with Gasteiger partial charge in [0, 0.05) is 30.1 Å². The quantitative estimate of drug-likeness (QED) is 0.404. The molecule has 2 amide bonds. The minimum absolute atomic E-state index is 0.0389. The molecule has 0 radical (unpaired) electrons. The Hall–Kier alpha value is -3.27. The number of nitrogens with zero attached hydrogens (tertiary/aromatic N) is 2. The Kier molecular flexibility index (Phi) is 6.73. The molecule has 0 unspecified atom stereocenters. The lowest BCUT2D eigenvalue weighted by Crippen LogP contribution is -2.41. The molecule has 1 aliphatic rings. The Morgan fingerprint density at radius 2 is 1.85 bits per heavy atom. The van der Waals surface area contributed by atoms with E-state index in [2.05, 4.69) is 5.32 Å². The van der Waals surface area contributed by atoms with Crippen molar-refractivity contribution in [2.24, 2.45) is 0 Å². The van der Waals surface area contributed by atoms with Gasteiger partial charge in [-0.05, 0) is 24.1 Å². The van der Waals surface area contributed by atoms with Crippen LogP contribution in [0.4, 0.5) is 10.7 Å². The normalized spacial score (nSPS) is 13.6. The number of non-ortho nitro benzene ring substituents is 1. The fourth-order valence-electron chi connectivity index (χ4n) is 3.62. The van der Waals surface area contributed by atoms with E-state index in [1.807, 2.05) is 37.3 Å². The number of benzene rings is 2. The van der Waals surface area contributed by atoms with Crippen molar-refractivity contribution in [2.75, 3.05) is 31.6 Å². The van der Waals surface area contributed by atoms with Gasteiger partial charge in [0.15, 0.2) is 0 Å². The van der Waals surface area contributed by atoms with Crippen LogP contribution >= 0.6 is 22.9 Å². The number of hydrogen-bond donors (Lipinski definition) is 1. The Bertz CT molecular complexity index is 1220. The summed E-state index contributed by atoms with van der Waals surface area (Å²) in [5.41, 5.74) is 1.79. The smallest absolute Gasteiger partial charge is 0.270 e. The highest BCUT2D eigenvalue weighted by atomic mass is 35.5. The van der Waals surface area contributed by atoms with Crippen molar-refractivity contribution in [2.45, 2.75) is 6.92 Å². The Labute approximate surface area is 198 Å². The lowest BCUT2D eigenvalue weighted by atomic mass is 10.1. The molecule has 170 valence electrons. The summed E-state index contributed by atoms with van der Waals surface area (Å²) in [7, 11) is 0. The largest absolute Gasteiger partial charge is 0.378 e. The second-order valence-electron chi connectivity index (χ2n) is 7.41. The van der Waals surface area contributed by atoms with Gasteiger partial charge in [0.25, 0.3) is 17.5 Å². The van der Waals surface area contributed by atoms with Gasteiger partial charge in [-0.25, -0.2) is 0 Å². The van der Waals surface area contributed by atoms with Gasteiger partial charge in [0.1, 0.15) is 5.00 Å². The number of halogens is 1. The first-order chi connectivity index (χ1) is 15.9. The second-order valence-corrected chi connectivity index (χ2v) is 8.83. The number of nitro groups is 1. The van der Waals surface area contributed by atoms with E-state index in [1.54, 1.807) is 4.90 Å². The molecule has 33 heavy (non-hydrogen) atoms. The average Bonchev–Trinajstić information content (AvgIpc) is 3.15. The molecule has 3 aromatic rings. The Morgan fingerprint density at radius 3 is 2.52 bits per heavy atom. The summed E-state index contributed by atoms with van der Waals surface area (Å²) in [5.74, 6) is -0.824. The molecule has 10 heteroatoms. The number of ether oxygens (including phenoxy) is 1. The highest BCUT2D eigenvalue weighted by Crippen LogP contribution is 2.41. The predicted molar refractivity (Wildman–Crippen MR) is 127 cm³/mol. The molecule has 2 heterocycles. The zero-order chi connectivity index (χ0) is 23.5. The summed E-state index contributed by atoms with van der Waals surface area (Å²) >= 11 is 7.43. The number of anilines is 1. The summed E-state index contributed by atoms with van der Waals surface area (Å²) in [5, 5.41) is 14.4. The molecule has 1 N–H and O–H groups in total. The van der Waals surface area contributed by atoms with E-state index in [-0.39, 0.29) is 22.2 Å². The average molecular weight is 486 g/mol. The standard InChI is InChI=1S/C23H20ClN3O5S/c1-14-19(23(29)26-9-11-32-12-10-26)22(33-20(14)15-5-3-2-4-6-15)25-21(28)17-13-16(27(30)31)7-8-18(17)24/h2-8,13H,9-12H2,1H3,(H,25,28). The van der Waals surface area contributed by atoms with Gasteiger partial charge >= 0.3 is 0 Å². The molecule has 0 atom stereocenters. The van der Waals surface area contributed by atoms with Gasteiger partial charge in [-0.3, -0.25) is 19.7 Å². The number of carbonyl (C=O) groups excluding carboxylic acids is 2. The molecule has 8 nitrogen and oxygen atoms in total. The molecule has 0 aliphatic carbocycles. The third kappa shape index (κ3) is 4.75. The third-order valence-electron chi connectivity index (χ3n) is 5.33. The molecule has 1 aromatic heterocycles. The zero-order valence-corrected chi connectivity index (χ0v) is 19.2. The van der Waals surface area contributed by atoms with Crippen molar-refractivity contribution in [3.05, 3.63) is 80.4 Å². The van der Waals surface area contributed by atoms with E-state index in [9.17, 15) is 19.7 Å². The SMILES string of the molecule is Cc1c(-c2ccccc2)sc(NC(=O)c2cc([N+](=O)[O-])ccc2Cl)c1C(=O)N1CCOCC1. The van der Waals surface area contributed by atoms with E-state index < -0.39 is 10.8 Å². The minimum Gasteiger partial charge on any atom is -0.378 e. The Morgan fingerprint density at radius 1 is 1.15 bits per heavy atom. The van der Waals surface area contributed by atoms with Crippen LogP contribution in [-0.4, -0.2) is 47.9 Å². The van der Waals surface area contributed by atoms with Gasteiger partial charge in [0.2, 0.25) is 0 Å². The van der Waals surface area contributed by atoms with Crippen LogP contribution in [0.15, 0.2) is 48.5 Å². The van der Waals surface area contributed by atoms with E-state index in [4.69, 9.17) is 16.3 Å². The fourth-order valence-corrected chi connectivity index (χ4v) is 5.02. The maximum atomic E-state index is 13.4. The van der Waals surface area contributed by atoms with Gasteiger partial charge < -0.3 is 15.0 Å². The highest BCUT2D eigenvalue weighted by molar-refractivity contribution is 7.20. The number of amides is 2. The summed E-state index contributed by atoms with van der Waals surface area (Å²) in [6, 6.07) is 13.2. The molecule has 1 saturated heterocycles. The van der Waals surface area contributed by atoms with E-state index in [0.717, 1.165) is 22.1 Å². The number of hydrogen-bond acceptors (Lipinski definition) is 6. The summed E-state index contributed by atoms with van der Waals surface area (Å²) < 4.78 is 5.36. The van der Waals surface area contributed by atoms with Crippen molar-refractivity contribution < 1.29 is 19.2 Å². The molecule has 1 fully saturated rings. The van der Waals surface area contributed by atoms with Crippen molar-refractivity contribution in [1.82, 2.24) is 4.90 Å². The third-order valence-corrected chi connectivity index (χ3v) is 6.91. The first-order valence-corrected chi connectivity index (χ1v) is 11.4. The molecule has 1 aliphatic heterocycles. The maximum absolute atomic E-state index is 13.4. The van der Waals surface area contributed by atoms with Crippen LogP contribution in [0, 0.1) is 17.0 Å². The van der Waals surface area contributed by atoms with Crippen LogP contribution in [0.1, 0.15) is 26.3 Å². The highest BCUT2D eigenvalue weighted by Gasteiger charge is 2.28. The van der Waals surface area contributed by atoms with Crippen molar-refractivity contribution in [3.63, 3.8) is 0 Å². The van der Waals surface area contributed by atoms with E-state index in [1.165, 1.54) is 23.5 Å². The number of morpholine rings is 1. The van der Waals surface area contributed by atoms with Crippen LogP contribution < -0.4 is 5.32 Å². The van der Waals surface area contributed by atoms with Crippen molar-refractivity contribution in [1.29, 1.82) is 0 Å². The Balaban J connectivity index is 1.75. The summed E-state index contributed by atoms with van der Waals surface area (Å²) in [4.78, 5) is 39.6. The number of nitrogens with one attached hydrogen (secondary N) is 1. The summed E-state index contributed by atoms with van der Waals surface area (Å²) in [6.07, 6.45) is 0. The minimum atomic E-state index is -0.624. The predicted octanol–water partition coefficient (Wildman–Crippen LogP) is 5.01. The van der Waals surface area contributed by atoms with Crippen LogP contribution in [-0.2, 0) is 4.74 Å². The number of rotatable bonds is 5. The van der Waals surface area contributed by atoms with Crippen LogP contribution in [0.25, 0.3) is 10.4 Å². The zero-order valence-electron chi connectivity index (χ0n) is 17.7. The lowest BCUT2D eigenvalue weighted by molar-refractivity contribution is -0.384. The number of carbonyl (C=O) groups is 2. The maximum Gasteiger partial charge on any atom is 0.270 e. The fraction of sp³-hybridized carbons (Fsp3) is 0.217. The van der Waals surface area contributed by atoms with E-state index in [0.29, 0.717) is 36.9 Å². The molecule has 4 rings (SSSR count). The number of nitro benzene ring substituents is 1. The molecule has 0 bridgehead atoms. The second kappa shape index (κ2) is 9.70. The van der Waals surface area contributed by atoms with Crippen molar-refractivity contribution >= 4 is 45.4 Å².